The molecule has 0 bridgehead atoms. The van der Waals surface area contributed by atoms with E-state index in [0.717, 1.165) is 24.2 Å². The molecular weight excluding hydrogens is 268 g/mol. The predicted octanol–water partition coefficient (Wildman–Crippen LogP) is 2.36. The van der Waals surface area contributed by atoms with Crippen LogP contribution < -0.4 is 5.32 Å². The molecule has 0 aliphatic carbocycles. The molecule has 1 aliphatic rings. The molecule has 3 nitrogen and oxygen atoms in total. The Balaban J connectivity index is 1.75. The lowest BCUT2D eigenvalue weighted by Crippen LogP contribution is -2.26. The van der Waals surface area contributed by atoms with E-state index >= 15 is 0 Å². The maximum atomic E-state index is 5.53. The van der Waals surface area contributed by atoms with Crippen molar-refractivity contribution in [3.05, 3.63) is 28.5 Å². The maximum Gasteiger partial charge on any atom is 0.0588 e. The fourth-order valence-electron chi connectivity index (χ4n) is 2.00. The van der Waals surface area contributed by atoms with Crippen molar-refractivity contribution in [1.82, 2.24) is 10.3 Å². The Morgan fingerprint density at radius 3 is 3.12 bits per heavy atom. The van der Waals surface area contributed by atoms with E-state index in [4.69, 9.17) is 4.74 Å². The number of hydrogen-bond acceptors (Lipinski definition) is 3. The van der Waals surface area contributed by atoms with Crippen LogP contribution in [0.3, 0.4) is 0 Å². The van der Waals surface area contributed by atoms with Crippen molar-refractivity contribution < 1.29 is 4.74 Å². The highest BCUT2D eigenvalue weighted by Gasteiger charge is 2.23. The maximum absolute atomic E-state index is 5.53. The molecule has 0 aromatic carbocycles. The first-order valence-corrected chi connectivity index (χ1v) is 6.47. The highest BCUT2D eigenvalue weighted by atomic mass is 79.9. The Kier molecular flexibility index (Phi) is 4.32. The van der Waals surface area contributed by atoms with Crippen molar-refractivity contribution in [1.29, 1.82) is 0 Å². The van der Waals surface area contributed by atoms with Crippen LogP contribution in [0.25, 0.3) is 0 Å². The highest BCUT2D eigenvalue weighted by molar-refractivity contribution is 9.10. The summed E-state index contributed by atoms with van der Waals surface area (Å²) < 4.78 is 6.56. The van der Waals surface area contributed by atoms with Gasteiger partial charge in [-0.05, 0) is 46.8 Å². The number of pyridine rings is 1. The molecule has 1 aliphatic heterocycles. The molecular formula is C12H17BrN2O. The zero-order chi connectivity index (χ0) is 11.4. The lowest BCUT2D eigenvalue weighted by Gasteiger charge is -2.14. The molecule has 2 heterocycles. The number of rotatable bonds is 4. The molecule has 2 atom stereocenters. The third-order valence-electron chi connectivity index (χ3n) is 3.03. The van der Waals surface area contributed by atoms with E-state index in [1.54, 1.807) is 6.20 Å². The van der Waals surface area contributed by atoms with Crippen LogP contribution in [0.4, 0.5) is 0 Å². The predicted molar refractivity (Wildman–Crippen MR) is 67.2 cm³/mol. The molecule has 0 amide bonds. The van der Waals surface area contributed by atoms with Crippen LogP contribution in [0.5, 0.6) is 0 Å². The van der Waals surface area contributed by atoms with Gasteiger partial charge >= 0.3 is 0 Å². The minimum absolute atomic E-state index is 0.396. The fourth-order valence-corrected chi connectivity index (χ4v) is 2.41. The van der Waals surface area contributed by atoms with Gasteiger partial charge in [0.05, 0.1) is 6.10 Å². The summed E-state index contributed by atoms with van der Waals surface area (Å²) >= 11 is 3.42. The fraction of sp³-hybridized carbons (Fsp3) is 0.583. The zero-order valence-electron chi connectivity index (χ0n) is 9.45. The van der Waals surface area contributed by atoms with Crippen LogP contribution in [-0.4, -0.2) is 24.2 Å². The summed E-state index contributed by atoms with van der Waals surface area (Å²) in [5.41, 5.74) is 1.21. The smallest absolute Gasteiger partial charge is 0.0588 e. The Hall–Kier alpha value is -0.450. The summed E-state index contributed by atoms with van der Waals surface area (Å²) in [6, 6.07) is 2.09. The van der Waals surface area contributed by atoms with E-state index < -0.39 is 0 Å². The third kappa shape index (κ3) is 3.27. The van der Waals surface area contributed by atoms with Gasteiger partial charge in [-0.2, -0.15) is 0 Å². The highest BCUT2D eigenvalue weighted by Crippen LogP contribution is 2.19. The van der Waals surface area contributed by atoms with E-state index in [0.29, 0.717) is 12.0 Å². The van der Waals surface area contributed by atoms with Gasteiger partial charge < -0.3 is 10.1 Å². The Bertz CT molecular complexity index is 346. The largest absolute Gasteiger partial charge is 0.378 e. The van der Waals surface area contributed by atoms with Crippen molar-refractivity contribution in [2.75, 3.05) is 13.2 Å². The number of ether oxygens (including phenoxy) is 1. The molecule has 0 spiro atoms. The zero-order valence-corrected chi connectivity index (χ0v) is 11.0. The van der Waals surface area contributed by atoms with Crippen molar-refractivity contribution >= 4 is 15.9 Å². The van der Waals surface area contributed by atoms with Gasteiger partial charge in [-0.25, -0.2) is 0 Å². The van der Waals surface area contributed by atoms with Gasteiger partial charge in [0.1, 0.15) is 0 Å². The molecule has 1 aromatic rings. The van der Waals surface area contributed by atoms with Gasteiger partial charge in [-0.3, -0.25) is 4.98 Å². The van der Waals surface area contributed by atoms with Crippen LogP contribution in [0, 0.1) is 5.92 Å². The molecule has 1 aromatic heterocycles. The number of nitrogens with one attached hydrogen (secondary N) is 1. The van der Waals surface area contributed by atoms with Crippen molar-refractivity contribution in [3.63, 3.8) is 0 Å². The minimum Gasteiger partial charge on any atom is -0.378 e. The van der Waals surface area contributed by atoms with Gasteiger partial charge in [-0.1, -0.05) is 0 Å². The number of aromatic nitrogens is 1. The lowest BCUT2D eigenvalue weighted by atomic mass is 10.0. The van der Waals surface area contributed by atoms with Gasteiger partial charge in [0.25, 0.3) is 0 Å². The van der Waals surface area contributed by atoms with E-state index in [1.165, 1.54) is 12.0 Å². The quantitative estimate of drug-likeness (QED) is 0.922. The second kappa shape index (κ2) is 5.75. The van der Waals surface area contributed by atoms with E-state index in [-0.39, 0.29) is 0 Å². The van der Waals surface area contributed by atoms with Crippen LogP contribution in [0.2, 0.25) is 0 Å². The topological polar surface area (TPSA) is 34.1 Å². The van der Waals surface area contributed by atoms with Gasteiger partial charge in [0.15, 0.2) is 0 Å². The normalized spacial score (nSPS) is 24.9. The lowest BCUT2D eigenvalue weighted by molar-refractivity contribution is 0.105. The molecule has 1 fully saturated rings. The molecule has 2 unspecified atom stereocenters. The second-order valence-electron chi connectivity index (χ2n) is 4.27. The van der Waals surface area contributed by atoms with E-state index in [9.17, 15) is 0 Å². The molecule has 16 heavy (non-hydrogen) atoms. The first kappa shape index (κ1) is 12.0. The average Bonchev–Trinajstić information content (AvgIpc) is 2.65. The van der Waals surface area contributed by atoms with Crippen molar-refractivity contribution in [2.45, 2.75) is 26.0 Å². The van der Waals surface area contributed by atoms with E-state index in [1.807, 2.05) is 6.20 Å². The van der Waals surface area contributed by atoms with Crippen molar-refractivity contribution in [2.24, 2.45) is 5.92 Å². The van der Waals surface area contributed by atoms with Gasteiger partial charge in [0.2, 0.25) is 0 Å². The monoisotopic (exact) mass is 284 g/mol. The van der Waals surface area contributed by atoms with Crippen LogP contribution >= 0.6 is 15.9 Å². The Labute approximate surface area is 105 Å². The molecule has 1 saturated heterocycles. The minimum atomic E-state index is 0.396. The first-order chi connectivity index (χ1) is 7.75. The Morgan fingerprint density at radius 1 is 1.56 bits per heavy atom. The van der Waals surface area contributed by atoms with Gasteiger partial charge in [-0.15, -0.1) is 0 Å². The number of hydrogen-bond donors (Lipinski definition) is 1. The van der Waals surface area contributed by atoms with E-state index in [2.05, 4.69) is 39.2 Å². The first-order valence-electron chi connectivity index (χ1n) is 5.67. The number of halogens is 1. The van der Waals surface area contributed by atoms with Crippen LogP contribution in [0.1, 0.15) is 18.9 Å². The summed E-state index contributed by atoms with van der Waals surface area (Å²) in [6.07, 6.45) is 5.27. The second-order valence-corrected chi connectivity index (χ2v) is 5.18. The molecule has 2 rings (SSSR count). The summed E-state index contributed by atoms with van der Waals surface area (Å²) in [7, 11) is 0. The third-order valence-corrected chi connectivity index (χ3v) is 3.46. The molecule has 0 saturated carbocycles. The van der Waals surface area contributed by atoms with Crippen LogP contribution in [-0.2, 0) is 11.3 Å². The van der Waals surface area contributed by atoms with Crippen LogP contribution in [0.15, 0.2) is 22.9 Å². The Morgan fingerprint density at radius 2 is 2.44 bits per heavy atom. The van der Waals surface area contributed by atoms with Gasteiger partial charge in [0, 0.05) is 36.6 Å². The number of nitrogens with zero attached hydrogens (tertiary/aromatic N) is 1. The van der Waals surface area contributed by atoms with Crippen molar-refractivity contribution in [3.8, 4) is 0 Å². The molecule has 1 N–H and O–H groups in total. The molecule has 88 valence electrons. The summed E-state index contributed by atoms with van der Waals surface area (Å²) in [4.78, 5) is 4.14. The summed E-state index contributed by atoms with van der Waals surface area (Å²) in [5.74, 6) is 0.653. The average molecular weight is 285 g/mol. The summed E-state index contributed by atoms with van der Waals surface area (Å²) in [6.45, 7) is 4.95. The summed E-state index contributed by atoms with van der Waals surface area (Å²) in [5, 5.41) is 3.46. The molecule has 4 heteroatoms. The SMILES string of the molecule is CC1OCCC1CNCc1cncc(Br)c1. The standard InChI is InChI=1S/C12H17BrN2O/c1-9-11(2-3-16-9)7-14-5-10-4-12(13)8-15-6-10/h4,6,8-9,11,14H,2-3,5,7H2,1H3. The molecule has 0 radical (unpaired) electrons.